The summed E-state index contributed by atoms with van der Waals surface area (Å²) in [5.41, 5.74) is 6.64. The molecular formula is C10H16N2O. The van der Waals surface area contributed by atoms with Crippen molar-refractivity contribution in [1.29, 1.82) is 0 Å². The van der Waals surface area contributed by atoms with Gasteiger partial charge in [-0.05, 0) is 37.9 Å². The summed E-state index contributed by atoms with van der Waals surface area (Å²) in [7, 11) is 0. The molecule has 72 valence electrons. The molecule has 1 aromatic rings. The maximum absolute atomic E-state index is 5.44. The first-order chi connectivity index (χ1) is 6.38. The van der Waals surface area contributed by atoms with Crippen molar-refractivity contribution in [1.82, 2.24) is 4.98 Å². The molecule has 0 aliphatic heterocycles. The third-order valence-corrected chi connectivity index (χ3v) is 1.82. The van der Waals surface area contributed by atoms with Crippen molar-refractivity contribution >= 4 is 0 Å². The van der Waals surface area contributed by atoms with E-state index in [4.69, 9.17) is 10.5 Å². The van der Waals surface area contributed by atoms with E-state index in [1.54, 1.807) is 12.4 Å². The lowest BCUT2D eigenvalue weighted by Crippen LogP contribution is -2.02. The Morgan fingerprint density at radius 2 is 2.38 bits per heavy atom. The molecule has 0 saturated carbocycles. The molecule has 1 rings (SSSR count). The minimum absolute atomic E-state index is 0.682. The molecule has 0 spiro atoms. The van der Waals surface area contributed by atoms with E-state index in [0.29, 0.717) is 13.2 Å². The highest BCUT2D eigenvalue weighted by Gasteiger charge is 2.01. The molecule has 0 aliphatic carbocycles. The number of aromatic nitrogens is 1. The Labute approximate surface area is 78.9 Å². The van der Waals surface area contributed by atoms with E-state index in [2.05, 4.69) is 4.98 Å². The number of nitrogens with zero attached hydrogens (tertiary/aromatic N) is 1. The molecule has 0 radical (unpaired) electrons. The average Bonchev–Trinajstić information content (AvgIpc) is 2.17. The molecule has 0 unspecified atom stereocenters. The van der Waals surface area contributed by atoms with Gasteiger partial charge in [0.2, 0.25) is 0 Å². The van der Waals surface area contributed by atoms with Gasteiger partial charge in [-0.3, -0.25) is 4.98 Å². The Kier molecular flexibility index (Phi) is 4.26. The first kappa shape index (κ1) is 9.99. The highest BCUT2D eigenvalue weighted by atomic mass is 16.5. The van der Waals surface area contributed by atoms with Crippen molar-refractivity contribution < 1.29 is 4.74 Å². The van der Waals surface area contributed by atoms with Gasteiger partial charge in [0.15, 0.2) is 0 Å². The largest absolute Gasteiger partial charge is 0.492 e. The number of pyridine rings is 1. The topological polar surface area (TPSA) is 48.1 Å². The number of rotatable bonds is 5. The summed E-state index contributed by atoms with van der Waals surface area (Å²) in [5.74, 6) is 0.887. The summed E-state index contributed by atoms with van der Waals surface area (Å²) in [6, 6.07) is 1.99. The second-order valence-electron chi connectivity index (χ2n) is 2.81. The molecule has 1 aromatic heterocycles. The van der Waals surface area contributed by atoms with Crippen LogP contribution in [0.4, 0.5) is 0 Å². The van der Waals surface area contributed by atoms with Gasteiger partial charge < -0.3 is 10.5 Å². The number of aryl methyl sites for hydroxylation is 1. The van der Waals surface area contributed by atoms with E-state index in [1.807, 2.05) is 13.0 Å². The Morgan fingerprint density at radius 1 is 1.54 bits per heavy atom. The van der Waals surface area contributed by atoms with Crippen LogP contribution in [-0.2, 0) is 6.42 Å². The zero-order valence-corrected chi connectivity index (χ0v) is 7.99. The minimum atomic E-state index is 0.682. The lowest BCUT2D eigenvalue weighted by molar-refractivity contribution is 0.335. The molecule has 0 atom stereocenters. The molecule has 1 heterocycles. The van der Waals surface area contributed by atoms with E-state index < -0.39 is 0 Å². The normalized spacial score (nSPS) is 10.0. The molecule has 0 bridgehead atoms. The van der Waals surface area contributed by atoms with Gasteiger partial charge in [0.05, 0.1) is 12.8 Å². The van der Waals surface area contributed by atoms with Gasteiger partial charge in [-0.2, -0.15) is 0 Å². The SMILES string of the molecule is CCOc1cnccc1CCCN. The van der Waals surface area contributed by atoms with E-state index in [0.717, 1.165) is 18.6 Å². The molecule has 13 heavy (non-hydrogen) atoms. The maximum Gasteiger partial charge on any atom is 0.140 e. The van der Waals surface area contributed by atoms with Crippen LogP contribution in [0.1, 0.15) is 18.9 Å². The van der Waals surface area contributed by atoms with E-state index in [1.165, 1.54) is 5.56 Å². The number of hydrogen-bond donors (Lipinski definition) is 1. The lowest BCUT2D eigenvalue weighted by Gasteiger charge is -2.08. The highest BCUT2D eigenvalue weighted by molar-refractivity contribution is 5.29. The molecule has 3 nitrogen and oxygen atoms in total. The highest BCUT2D eigenvalue weighted by Crippen LogP contribution is 2.17. The van der Waals surface area contributed by atoms with Crippen LogP contribution in [0.15, 0.2) is 18.5 Å². The van der Waals surface area contributed by atoms with Crippen LogP contribution in [-0.4, -0.2) is 18.1 Å². The fraction of sp³-hybridized carbons (Fsp3) is 0.500. The molecule has 0 aliphatic rings. The van der Waals surface area contributed by atoms with E-state index in [-0.39, 0.29) is 0 Å². The van der Waals surface area contributed by atoms with Gasteiger partial charge in [-0.15, -0.1) is 0 Å². The van der Waals surface area contributed by atoms with Crippen molar-refractivity contribution in [3.63, 3.8) is 0 Å². The number of hydrogen-bond acceptors (Lipinski definition) is 3. The summed E-state index contributed by atoms with van der Waals surface area (Å²) in [5, 5.41) is 0. The van der Waals surface area contributed by atoms with E-state index >= 15 is 0 Å². The van der Waals surface area contributed by atoms with Crippen LogP contribution in [0.5, 0.6) is 5.75 Å². The van der Waals surface area contributed by atoms with Crippen LogP contribution in [0.2, 0.25) is 0 Å². The molecule has 0 fully saturated rings. The summed E-state index contributed by atoms with van der Waals surface area (Å²) >= 11 is 0. The zero-order chi connectivity index (χ0) is 9.52. The Hall–Kier alpha value is -1.09. The molecular weight excluding hydrogens is 164 g/mol. The summed E-state index contributed by atoms with van der Waals surface area (Å²) in [4.78, 5) is 4.02. The van der Waals surface area contributed by atoms with Crippen LogP contribution in [0.25, 0.3) is 0 Å². The molecule has 0 aromatic carbocycles. The van der Waals surface area contributed by atoms with Crippen molar-refractivity contribution in [2.75, 3.05) is 13.2 Å². The lowest BCUT2D eigenvalue weighted by atomic mass is 10.1. The van der Waals surface area contributed by atoms with Gasteiger partial charge in [0.25, 0.3) is 0 Å². The van der Waals surface area contributed by atoms with Gasteiger partial charge in [-0.25, -0.2) is 0 Å². The predicted molar refractivity (Wildman–Crippen MR) is 52.8 cm³/mol. The van der Waals surface area contributed by atoms with Crippen LogP contribution < -0.4 is 10.5 Å². The zero-order valence-electron chi connectivity index (χ0n) is 7.99. The summed E-state index contributed by atoms with van der Waals surface area (Å²) < 4.78 is 5.43. The first-order valence-electron chi connectivity index (χ1n) is 4.64. The quantitative estimate of drug-likeness (QED) is 0.744. The average molecular weight is 180 g/mol. The maximum atomic E-state index is 5.44. The van der Waals surface area contributed by atoms with Crippen LogP contribution in [0, 0.1) is 0 Å². The number of ether oxygens (including phenoxy) is 1. The smallest absolute Gasteiger partial charge is 0.140 e. The van der Waals surface area contributed by atoms with Gasteiger partial charge in [0, 0.05) is 6.20 Å². The van der Waals surface area contributed by atoms with Crippen molar-refractivity contribution in [2.45, 2.75) is 19.8 Å². The Morgan fingerprint density at radius 3 is 3.08 bits per heavy atom. The molecule has 3 heteroatoms. The predicted octanol–water partition coefficient (Wildman–Crippen LogP) is 1.37. The standard InChI is InChI=1S/C10H16N2O/c1-2-13-10-8-12-7-5-9(10)4-3-6-11/h5,7-8H,2-4,6,11H2,1H3. The minimum Gasteiger partial charge on any atom is -0.492 e. The molecule has 0 amide bonds. The second kappa shape index (κ2) is 5.54. The van der Waals surface area contributed by atoms with Gasteiger partial charge in [0.1, 0.15) is 5.75 Å². The molecule has 2 N–H and O–H groups in total. The number of nitrogens with two attached hydrogens (primary N) is 1. The Balaban J connectivity index is 2.66. The second-order valence-corrected chi connectivity index (χ2v) is 2.81. The van der Waals surface area contributed by atoms with Gasteiger partial charge in [-0.1, -0.05) is 0 Å². The monoisotopic (exact) mass is 180 g/mol. The van der Waals surface area contributed by atoms with Crippen molar-refractivity contribution in [3.05, 3.63) is 24.0 Å². The Bertz CT molecular complexity index is 250. The summed E-state index contributed by atoms with van der Waals surface area (Å²) in [6.45, 7) is 3.37. The fourth-order valence-electron chi connectivity index (χ4n) is 1.19. The van der Waals surface area contributed by atoms with Crippen LogP contribution >= 0.6 is 0 Å². The third-order valence-electron chi connectivity index (χ3n) is 1.82. The van der Waals surface area contributed by atoms with Crippen molar-refractivity contribution in [3.8, 4) is 5.75 Å². The molecule has 0 saturated heterocycles. The van der Waals surface area contributed by atoms with Crippen LogP contribution in [0.3, 0.4) is 0 Å². The fourth-order valence-corrected chi connectivity index (χ4v) is 1.19. The van der Waals surface area contributed by atoms with E-state index in [9.17, 15) is 0 Å². The third kappa shape index (κ3) is 3.03. The summed E-state index contributed by atoms with van der Waals surface area (Å²) in [6.07, 6.45) is 5.50. The van der Waals surface area contributed by atoms with Crippen molar-refractivity contribution in [2.24, 2.45) is 5.73 Å². The van der Waals surface area contributed by atoms with Gasteiger partial charge >= 0.3 is 0 Å². The first-order valence-corrected chi connectivity index (χ1v) is 4.64.